The second-order valence-electron chi connectivity index (χ2n) is 7.35. The summed E-state index contributed by atoms with van der Waals surface area (Å²) >= 11 is 0. The van der Waals surface area contributed by atoms with Crippen LogP contribution in [0.2, 0.25) is 0 Å². The van der Waals surface area contributed by atoms with E-state index in [0.29, 0.717) is 45.6 Å². The first-order valence-corrected chi connectivity index (χ1v) is 9.79. The van der Waals surface area contributed by atoms with Gasteiger partial charge in [0, 0.05) is 32.2 Å². The van der Waals surface area contributed by atoms with Crippen molar-refractivity contribution in [3.8, 4) is 0 Å². The number of rotatable bonds is 8. The van der Waals surface area contributed by atoms with Gasteiger partial charge in [-0.05, 0) is 46.5 Å². The molecule has 1 saturated heterocycles. The number of carbonyl (C=O) groups excluding carboxylic acids is 3. The van der Waals surface area contributed by atoms with E-state index in [2.05, 4.69) is 5.32 Å². The first-order chi connectivity index (χ1) is 12.3. The average Bonchev–Trinajstić information content (AvgIpc) is 2.61. The van der Waals surface area contributed by atoms with Crippen molar-refractivity contribution in [1.82, 2.24) is 15.1 Å². The Morgan fingerprint density at radius 3 is 2.08 bits per heavy atom. The van der Waals surface area contributed by atoms with Gasteiger partial charge in [-0.15, -0.1) is 0 Å². The topological polar surface area (TPSA) is 79.0 Å². The zero-order chi connectivity index (χ0) is 19.7. The molecule has 3 amide bonds. The lowest BCUT2D eigenvalue weighted by atomic mass is 9.89. The van der Waals surface area contributed by atoms with E-state index < -0.39 is 5.41 Å². The lowest BCUT2D eigenvalue weighted by molar-refractivity contribution is -0.149. The molecule has 0 radical (unpaired) electrons. The molecular weight excluding hydrogens is 334 g/mol. The Bertz CT molecular complexity index is 479. The number of piperidine rings is 1. The van der Waals surface area contributed by atoms with Crippen molar-refractivity contribution in [1.29, 1.82) is 0 Å². The molecule has 1 aliphatic rings. The van der Waals surface area contributed by atoms with Gasteiger partial charge in [0.05, 0.1) is 6.61 Å². The summed E-state index contributed by atoms with van der Waals surface area (Å²) in [5.41, 5.74) is -1.09. The normalized spacial score (nSPS) is 15.5. The molecule has 0 atom stereocenters. The van der Waals surface area contributed by atoms with Crippen LogP contribution in [-0.2, 0) is 14.3 Å². The number of carbonyl (C=O) groups is 3. The van der Waals surface area contributed by atoms with E-state index >= 15 is 0 Å². The molecule has 1 aliphatic heterocycles. The quantitative estimate of drug-likeness (QED) is 0.666. The number of likely N-dealkylation sites (tertiary alicyclic amines) is 1. The molecule has 26 heavy (non-hydrogen) atoms. The third-order valence-corrected chi connectivity index (χ3v) is 4.73. The van der Waals surface area contributed by atoms with Gasteiger partial charge in [-0.1, -0.05) is 13.8 Å². The molecule has 1 rings (SSSR count). The van der Waals surface area contributed by atoms with Crippen LogP contribution in [0.4, 0.5) is 4.79 Å². The smallest absolute Gasteiger partial charge is 0.409 e. The second-order valence-corrected chi connectivity index (χ2v) is 7.35. The van der Waals surface area contributed by atoms with Crippen molar-refractivity contribution in [3.63, 3.8) is 0 Å². The highest BCUT2D eigenvalue weighted by molar-refractivity contribution is 6.04. The highest BCUT2D eigenvalue weighted by atomic mass is 16.6. The van der Waals surface area contributed by atoms with Crippen LogP contribution >= 0.6 is 0 Å². The van der Waals surface area contributed by atoms with Crippen molar-refractivity contribution < 1.29 is 19.1 Å². The maximum absolute atomic E-state index is 12.8. The number of nitrogens with zero attached hydrogens (tertiary/aromatic N) is 2. The molecule has 1 heterocycles. The maximum Gasteiger partial charge on any atom is 0.409 e. The molecule has 150 valence electrons. The SMILES string of the molecule is CCCN(CCC)C(=O)C(C)(C)C(=O)NC1CCN(C(=O)OCC)CC1. The van der Waals surface area contributed by atoms with Crippen molar-refractivity contribution in [3.05, 3.63) is 0 Å². The van der Waals surface area contributed by atoms with Gasteiger partial charge in [0.15, 0.2) is 0 Å². The van der Waals surface area contributed by atoms with Crippen molar-refractivity contribution >= 4 is 17.9 Å². The minimum Gasteiger partial charge on any atom is -0.450 e. The van der Waals surface area contributed by atoms with Crippen LogP contribution in [0, 0.1) is 5.41 Å². The Hall–Kier alpha value is -1.79. The number of hydrogen-bond donors (Lipinski definition) is 1. The molecule has 0 unspecified atom stereocenters. The minimum atomic E-state index is -1.09. The summed E-state index contributed by atoms with van der Waals surface area (Å²) in [5, 5.41) is 3.01. The van der Waals surface area contributed by atoms with E-state index in [4.69, 9.17) is 4.74 Å². The molecule has 1 N–H and O–H groups in total. The zero-order valence-corrected chi connectivity index (χ0v) is 17.0. The molecule has 0 bridgehead atoms. The number of ether oxygens (including phenoxy) is 1. The maximum atomic E-state index is 12.8. The van der Waals surface area contributed by atoms with Crippen LogP contribution in [0.15, 0.2) is 0 Å². The Morgan fingerprint density at radius 1 is 1.08 bits per heavy atom. The van der Waals surface area contributed by atoms with E-state index in [9.17, 15) is 14.4 Å². The molecule has 1 fully saturated rings. The first kappa shape index (κ1) is 22.3. The van der Waals surface area contributed by atoms with Crippen LogP contribution < -0.4 is 5.32 Å². The summed E-state index contributed by atoms with van der Waals surface area (Å²) in [4.78, 5) is 40.8. The Kier molecular flexibility index (Phi) is 8.88. The van der Waals surface area contributed by atoms with Gasteiger partial charge in [-0.2, -0.15) is 0 Å². The fourth-order valence-electron chi connectivity index (χ4n) is 3.13. The Labute approximate surface area is 157 Å². The molecule has 0 aromatic carbocycles. The van der Waals surface area contributed by atoms with Gasteiger partial charge >= 0.3 is 6.09 Å². The lowest BCUT2D eigenvalue weighted by Crippen LogP contribution is -2.54. The second kappa shape index (κ2) is 10.4. The summed E-state index contributed by atoms with van der Waals surface area (Å²) in [7, 11) is 0. The Balaban J connectivity index is 2.60. The third kappa shape index (κ3) is 5.88. The predicted octanol–water partition coefficient (Wildman–Crippen LogP) is 2.40. The van der Waals surface area contributed by atoms with Crippen molar-refractivity contribution in [2.24, 2.45) is 5.41 Å². The van der Waals surface area contributed by atoms with Crippen LogP contribution in [0.25, 0.3) is 0 Å². The van der Waals surface area contributed by atoms with E-state index in [-0.39, 0.29) is 23.9 Å². The molecule has 7 nitrogen and oxygen atoms in total. The largest absolute Gasteiger partial charge is 0.450 e. The van der Waals surface area contributed by atoms with E-state index in [1.165, 1.54) is 0 Å². The van der Waals surface area contributed by atoms with Crippen LogP contribution in [0.1, 0.15) is 60.3 Å². The van der Waals surface area contributed by atoms with Crippen LogP contribution in [-0.4, -0.2) is 66.5 Å². The number of nitrogens with one attached hydrogen (secondary N) is 1. The fourth-order valence-corrected chi connectivity index (χ4v) is 3.13. The standard InChI is InChI=1S/C19H35N3O4/c1-6-11-21(12-7-2)17(24)19(4,5)16(23)20-15-9-13-22(14-10-15)18(25)26-8-3/h15H,6-14H2,1-5H3,(H,20,23). The molecule has 7 heteroatoms. The molecule has 0 spiro atoms. The van der Waals surface area contributed by atoms with E-state index in [0.717, 1.165) is 12.8 Å². The van der Waals surface area contributed by atoms with Crippen molar-refractivity contribution in [2.45, 2.75) is 66.3 Å². The Morgan fingerprint density at radius 2 is 1.62 bits per heavy atom. The third-order valence-electron chi connectivity index (χ3n) is 4.73. The molecule has 0 aromatic rings. The highest BCUT2D eigenvalue weighted by Gasteiger charge is 2.40. The molecular formula is C19H35N3O4. The molecule has 0 saturated carbocycles. The summed E-state index contributed by atoms with van der Waals surface area (Å²) in [6.07, 6.45) is 2.78. The molecule has 0 aromatic heterocycles. The summed E-state index contributed by atoms with van der Waals surface area (Å²) in [5.74, 6) is -0.364. The van der Waals surface area contributed by atoms with Crippen molar-refractivity contribution in [2.75, 3.05) is 32.8 Å². The predicted molar refractivity (Wildman–Crippen MR) is 101 cm³/mol. The van der Waals surface area contributed by atoms with E-state index in [1.807, 2.05) is 13.8 Å². The van der Waals surface area contributed by atoms with Crippen LogP contribution in [0.3, 0.4) is 0 Å². The van der Waals surface area contributed by atoms with Gasteiger partial charge in [0.25, 0.3) is 0 Å². The summed E-state index contributed by atoms with van der Waals surface area (Å²) in [6.45, 7) is 12.0. The number of hydrogen-bond acceptors (Lipinski definition) is 4. The lowest BCUT2D eigenvalue weighted by Gasteiger charge is -2.35. The summed E-state index contributed by atoms with van der Waals surface area (Å²) in [6, 6.07) is -0.0222. The van der Waals surface area contributed by atoms with Gasteiger partial charge < -0.3 is 19.9 Å². The van der Waals surface area contributed by atoms with Gasteiger partial charge in [0.1, 0.15) is 5.41 Å². The van der Waals surface area contributed by atoms with E-state index in [1.54, 1.807) is 30.6 Å². The minimum absolute atomic E-state index is 0.0222. The molecule has 0 aliphatic carbocycles. The average molecular weight is 370 g/mol. The fraction of sp³-hybridized carbons (Fsp3) is 0.842. The number of amides is 3. The van der Waals surface area contributed by atoms with Crippen LogP contribution in [0.5, 0.6) is 0 Å². The summed E-state index contributed by atoms with van der Waals surface area (Å²) < 4.78 is 5.01. The highest BCUT2D eigenvalue weighted by Crippen LogP contribution is 2.22. The van der Waals surface area contributed by atoms with Gasteiger partial charge in [-0.3, -0.25) is 9.59 Å². The first-order valence-electron chi connectivity index (χ1n) is 9.79. The van der Waals surface area contributed by atoms with Gasteiger partial charge in [-0.25, -0.2) is 4.79 Å². The monoisotopic (exact) mass is 369 g/mol. The van der Waals surface area contributed by atoms with Gasteiger partial charge in [0.2, 0.25) is 11.8 Å². The zero-order valence-electron chi connectivity index (χ0n) is 17.0.